The summed E-state index contributed by atoms with van der Waals surface area (Å²) >= 11 is 12.6. The summed E-state index contributed by atoms with van der Waals surface area (Å²) in [5, 5.41) is 34.7. The highest BCUT2D eigenvalue weighted by molar-refractivity contribution is 6.33. The number of hydrazine groups is 1. The quantitative estimate of drug-likeness (QED) is 0.0682. The van der Waals surface area contributed by atoms with Gasteiger partial charge in [0.15, 0.2) is 11.5 Å². The zero-order valence-corrected chi connectivity index (χ0v) is 34.9. The Labute approximate surface area is 370 Å². The van der Waals surface area contributed by atoms with E-state index in [9.17, 15) is 48.1 Å². The van der Waals surface area contributed by atoms with Crippen LogP contribution in [0.25, 0.3) is 0 Å². The minimum atomic E-state index is -4.82. The molecule has 4 aromatic rings. The maximum atomic E-state index is 15.5. The monoisotopic (exact) mass is 923 g/mol. The standard InChI is InChI=1S/C42H34Cl2F3N7O10/c1-50(2)35-30(53(60)61)16-23(17-31(35)54(62)63)51-37(56)26-12-11-24-27(33(26)39(51)58)18-28-38(57)52(49-36-29(44)15-21(19-48-36)42(45,46)47)40(59)41(28,20-7-9-22(43)10-8-20)34(24)25-5-3-4-6-32(25)64-14-13-55/h3-11,15-17,19,26-28,33-34,55H,12-14,18H2,1-2H3,(H,48,49). The molecule has 0 bridgehead atoms. The second-order valence-corrected chi connectivity index (χ2v) is 16.6. The molecule has 2 aliphatic carbocycles. The Morgan fingerprint density at radius 2 is 1.61 bits per heavy atom. The number of aromatic nitrogens is 1. The van der Waals surface area contributed by atoms with Gasteiger partial charge in [-0.15, -0.1) is 0 Å². The van der Waals surface area contributed by atoms with Crippen molar-refractivity contribution in [1.82, 2.24) is 9.99 Å². The van der Waals surface area contributed by atoms with Crippen LogP contribution < -0.4 is 20.0 Å². The van der Waals surface area contributed by atoms with Gasteiger partial charge in [-0.25, -0.2) is 9.88 Å². The Bertz CT molecular complexity index is 2670. The number of hydrogen-bond donors (Lipinski definition) is 2. The Kier molecular flexibility index (Phi) is 11.1. The number of rotatable bonds is 11. The molecule has 2 N–H and O–H groups in total. The maximum absolute atomic E-state index is 15.5. The number of hydrogen-bond acceptors (Lipinski definition) is 13. The van der Waals surface area contributed by atoms with Crippen molar-refractivity contribution in [2.45, 2.75) is 30.4 Å². The molecule has 6 unspecified atom stereocenters. The van der Waals surface area contributed by atoms with E-state index in [-0.39, 0.29) is 41.5 Å². The van der Waals surface area contributed by atoms with Crippen LogP contribution in [0.4, 0.5) is 41.7 Å². The number of nitro groups is 2. The van der Waals surface area contributed by atoms with Crippen LogP contribution in [0.1, 0.15) is 35.4 Å². The lowest BCUT2D eigenvalue weighted by Gasteiger charge is -2.50. The molecule has 22 heteroatoms. The van der Waals surface area contributed by atoms with E-state index >= 15 is 9.59 Å². The molecule has 4 aliphatic rings. The van der Waals surface area contributed by atoms with E-state index in [1.165, 1.54) is 31.1 Å². The average molecular weight is 925 g/mol. The number of imide groups is 2. The number of nitro benzene ring substituents is 2. The molecule has 0 spiro atoms. The van der Waals surface area contributed by atoms with E-state index in [1.807, 2.05) is 0 Å². The number of allylic oxidation sites excluding steroid dienone is 2. The highest BCUT2D eigenvalue weighted by Crippen LogP contribution is 2.65. The molecular weight excluding hydrogens is 890 g/mol. The van der Waals surface area contributed by atoms with Gasteiger partial charge in [0.05, 0.1) is 55.9 Å². The highest BCUT2D eigenvalue weighted by atomic mass is 35.5. The summed E-state index contributed by atoms with van der Waals surface area (Å²) in [5.41, 5.74) is -1.78. The molecule has 4 amide bonds. The smallest absolute Gasteiger partial charge is 0.417 e. The fourth-order valence-corrected chi connectivity index (χ4v) is 10.2. The number of carbonyl (C=O) groups excluding carboxylic acids is 4. The number of fused-ring (bicyclic) bond motifs is 4. The number of aliphatic hydroxyl groups is 1. The van der Waals surface area contributed by atoms with Crippen LogP contribution in [0.15, 0.2) is 84.6 Å². The van der Waals surface area contributed by atoms with Crippen LogP contribution in [0, 0.1) is 43.9 Å². The summed E-state index contributed by atoms with van der Waals surface area (Å²) in [5.74, 6) is -9.67. The number of nitrogens with one attached hydrogen (secondary N) is 1. The summed E-state index contributed by atoms with van der Waals surface area (Å²) in [6.45, 7) is -0.604. The SMILES string of the molecule is CN(C)c1c([N+](=O)[O-])cc(N2C(=O)C3CC=C4C(CC5C(=O)N(Nc6ncc(C(F)(F)F)cc6Cl)C(=O)C5(c5ccc(Cl)cc5)C4c4ccccc4OCCO)C3C2=O)cc1[N+](=O)[O-]. The number of ether oxygens (including phenoxy) is 1. The number of halogens is 5. The van der Waals surface area contributed by atoms with Gasteiger partial charge in [0.25, 0.3) is 11.8 Å². The van der Waals surface area contributed by atoms with Gasteiger partial charge < -0.3 is 14.7 Å². The lowest BCUT2D eigenvalue weighted by molar-refractivity contribution is -0.392. The van der Waals surface area contributed by atoms with Crippen LogP contribution in [-0.2, 0) is 30.8 Å². The van der Waals surface area contributed by atoms with Gasteiger partial charge in [-0.3, -0.25) is 44.8 Å². The van der Waals surface area contributed by atoms with Crippen molar-refractivity contribution in [3.63, 3.8) is 0 Å². The Balaban J connectivity index is 1.32. The molecule has 2 saturated heterocycles. The summed E-state index contributed by atoms with van der Waals surface area (Å²) in [6, 6.07) is 15.0. The highest BCUT2D eigenvalue weighted by Gasteiger charge is 2.71. The number of amides is 4. The molecule has 2 aliphatic heterocycles. The van der Waals surface area contributed by atoms with Gasteiger partial charge in [0.1, 0.15) is 12.4 Å². The molecule has 0 radical (unpaired) electrons. The topological polar surface area (TPSA) is 219 Å². The molecule has 64 heavy (non-hydrogen) atoms. The summed E-state index contributed by atoms with van der Waals surface area (Å²) in [4.78, 5) is 88.3. The van der Waals surface area contributed by atoms with E-state index in [0.717, 1.165) is 12.1 Å². The van der Waals surface area contributed by atoms with Gasteiger partial charge in [0, 0.05) is 48.9 Å². The van der Waals surface area contributed by atoms with Gasteiger partial charge in [0.2, 0.25) is 11.8 Å². The Morgan fingerprint density at radius 1 is 0.953 bits per heavy atom. The number of carbonyl (C=O) groups is 4. The molecule has 332 valence electrons. The van der Waals surface area contributed by atoms with Crippen molar-refractivity contribution in [3.05, 3.63) is 132 Å². The number of anilines is 3. The van der Waals surface area contributed by atoms with Gasteiger partial charge in [-0.2, -0.15) is 18.2 Å². The van der Waals surface area contributed by atoms with Gasteiger partial charge in [-0.1, -0.05) is 65.2 Å². The first-order chi connectivity index (χ1) is 30.3. The van der Waals surface area contributed by atoms with Gasteiger partial charge in [-0.05, 0) is 48.6 Å². The van der Waals surface area contributed by atoms with Crippen LogP contribution in [0.3, 0.4) is 0 Å². The maximum Gasteiger partial charge on any atom is 0.417 e. The zero-order valence-electron chi connectivity index (χ0n) is 33.4. The van der Waals surface area contributed by atoms with Crippen molar-refractivity contribution in [2.75, 3.05) is 42.5 Å². The largest absolute Gasteiger partial charge is 0.491 e. The predicted molar refractivity (Wildman–Crippen MR) is 222 cm³/mol. The zero-order chi connectivity index (χ0) is 46.2. The normalized spacial score (nSPS) is 23.9. The fourth-order valence-electron chi connectivity index (χ4n) is 9.84. The number of para-hydroxylation sites is 1. The minimum absolute atomic E-state index is 0.107. The average Bonchev–Trinajstić information content (AvgIpc) is 3.63. The molecule has 8 rings (SSSR count). The van der Waals surface area contributed by atoms with E-state index < -0.39 is 115 Å². The number of aliphatic hydroxyl groups excluding tert-OH is 1. The molecule has 1 aromatic heterocycles. The fraction of sp³-hybridized carbons (Fsp3) is 0.310. The Morgan fingerprint density at radius 3 is 2.20 bits per heavy atom. The number of nitrogens with zero attached hydrogens (tertiary/aromatic N) is 6. The second kappa shape index (κ2) is 16.2. The van der Waals surface area contributed by atoms with Crippen LogP contribution >= 0.6 is 23.2 Å². The van der Waals surface area contributed by atoms with Crippen molar-refractivity contribution in [3.8, 4) is 5.75 Å². The summed E-state index contributed by atoms with van der Waals surface area (Å²) in [7, 11) is 2.72. The number of benzene rings is 3. The first-order valence-corrected chi connectivity index (χ1v) is 20.3. The van der Waals surface area contributed by atoms with Crippen molar-refractivity contribution in [1.29, 1.82) is 0 Å². The summed E-state index contributed by atoms with van der Waals surface area (Å²) < 4.78 is 46.8. The van der Waals surface area contributed by atoms with E-state index in [2.05, 4.69) is 10.4 Å². The number of pyridine rings is 1. The van der Waals surface area contributed by atoms with Crippen molar-refractivity contribution < 1.29 is 52.0 Å². The van der Waals surface area contributed by atoms with Crippen LogP contribution in [0.5, 0.6) is 5.75 Å². The van der Waals surface area contributed by atoms with Crippen molar-refractivity contribution >= 4 is 75.4 Å². The first-order valence-electron chi connectivity index (χ1n) is 19.5. The third kappa shape index (κ3) is 6.87. The molecule has 17 nitrogen and oxygen atoms in total. The van der Waals surface area contributed by atoms with Crippen LogP contribution in [-0.4, -0.2) is 75.9 Å². The van der Waals surface area contributed by atoms with E-state index in [4.69, 9.17) is 27.9 Å². The lowest BCUT2D eigenvalue weighted by atomic mass is 9.49. The van der Waals surface area contributed by atoms with Gasteiger partial charge >= 0.3 is 17.6 Å². The van der Waals surface area contributed by atoms with E-state index in [1.54, 1.807) is 42.5 Å². The molecule has 3 heterocycles. The first kappa shape index (κ1) is 44.0. The predicted octanol–water partition coefficient (Wildman–Crippen LogP) is 6.85. The molecular formula is C42H34Cl2F3N7O10. The Hall–Kier alpha value is -6.64. The summed E-state index contributed by atoms with van der Waals surface area (Å²) in [6.07, 6.45) is -3.02. The lowest BCUT2D eigenvalue weighted by Crippen LogP contribution is -2.53. The second-order valence-electron chi connectivity index (χ2n) is 15.8. The molecule has 3 aromatic carbocycles. The van der Waals surface area contributed by atoms with E-state index in [0.29, 0.717) is 33.3 Å². The minimum Gasteiger partial charge on any atom is -0.491 e. The third-order valence-corrected chi connectivity index (χ3v) is 12.8. The molecule has 1 saturated carbocycles. The third-order valence-electron chi connectivity index (χ3n) is 12.3. The number of alkyl halides is 3. The molecule has 6 atom stereocenters. The molecule has 3 fully saturated rings. The van der Waals surface area contributed by atoms with Crippen molar-refractivity contribution in [2.24, 2.45) is 23.7 Å². The van der Waals surface area contributed by atoms with Crippen LogP contribution in [0.2, 0.25) is 10.0 Å².